The van der Waals surface area contributed by atoms with Crippen molar-refractivity contribution < 1.29 is 0 Å². The van der Waals surface area contributed by atoms with Gasteiger partial charge in [0.15, 0.2) is 0 Å². The van der Waals surface area contributed by atoms with Crippen LogP contribution in [0.3, 0.4) is 0 Å². The van der Waals surface area contributed by atoms with Crippen LogP contribution in [0.1, 0.15) is 20.3 Å². The van der Waals surface area contributed by atoms with Crippen molar-refractivity contribution in [3.63, 3.8) is 0 Å². The fourth-order valence-corrected chi connectivity index (χ4v) is 2.01. The smallest absolute Gasteiger partial charge is 0.130 e. The molecule has 0 spiro atoms. The highest BCUT2D eigenvalue weighted by molar-refractivity contribution is 7.08. The summed E-state index contributed by atoms with van der Waals surface area (Å²) in [6.07, 6.45) is 2.69. The molecule has 1 atom stereocenters. The molecular weight excluding hydrogens is 218 g/mol. The van der Waals surface area contributed by atoms with E-state index in [-0.39, 0.29) is 0 Å². The molecule has 1 unspecified atom stereocenters. The molecule has 0 bridgehead atoms. The minimum absolute atomic E-state index is 0.435. The number of hydrogen-bond donors (Lipinski definition) is 1. The molecule has 3 nitrogen and oxygen atoms in total. The summed E-state index contributed by atoms with van der Waals surface area (Å²) in [5.41, 5.74) is 2.13. The van der Waals surface area contributed by atoms with Crippen LogP contribution in [0.25, 0.3) is 11.3 Å². The second-order valence-corrected chi connectivity index (χ2v) is 4.53. The quantitative estimate of drug-likeness (QED) is 0.879. The van der Waals surface area contributed by atoms with Crippen LogP contribution in [0, 0.1) is 0 Å². The summed E-state index contributed by atoms with van der Waals surface area (Å²) in [6.45, 7) is 4.30. The summed E-state index contributed by atoms with van der Waals surface area (Å²) < 4.78 is 0. The van der Waals surface area contributed by atoms with Crippen LogP contribution in [0.5, 0.6) is 0 Å². The van der Waals surface area contributed by atoms with Gasteiger partial charge in [-0.15, -0.1) is 0 Å². The van der Waals surface area contributed by atoms with Crippen LogP contribution in [0.15, 0.2) is 29.2 Å². The largest absolute Gasteiger partial charge is 0.368 e. The summed E-state index contributed by atoms with van der Waals surface area (Å²) in [5.74, 6) is 0.894. The minimum Gasteiger partial charge on any atom is -0.368 e. The van der Waals surface area contributed by atoms with E-state index >= 15 is 0 Å². The molecule has 0 aliphatic rings. The van der Waals surface area contributed by atoms with Crippen molar-refractivity contribution in [2.24, 2.45) is 0 Å². The van der Waals surface area contributed by atoms with Gasteiger partial charge in [0, 0.05) is 23.1 Å². The zero-order valence-corrected chi connectivity index (χ0v) is 10.3. The summed E-state index contributed by atoms with van der Waals surface area (Å²) in [7, 11) is 0. The molecule has 2 aromatic rings. The van der Waals surface area contributed by atoms with Crippen LogP contribution in [0.2, 0.25) is 0 Å². The Morgan fingerprint density at radius 2 is 2.31 bits per heavy atom. The van der Waals surface area contributed by atoms with Gasteiger partial charge in [0.25, 0.3) is 0 Å². The highest BCUT2D eigenvalue weighted by Gasteiger charge is 2.04. The third kappa shape index (κ3) is 2.58. The van der Waals surface area contributed by atoms with Crippen molar-refractivity contribution in [1.82, 2.24) is 9.97 Å². The van der Waals surface area contributed by atoms with E-state index in [0.717, 1.165) is 23.5 Å². The van der Waals surface area contributed by atoms with Gasteiger partial charge in [-0.25, -0.2) is 9.97 Å². The zero-order valence-electron chi connectivity index (χ0n) is 9.47. The van der Waals surface area contributed by atoms with E-state index in [9.17, 15) is 0 Å². The summed E-state index contributed by atoms with van der Waals surface area (Å²) in [4.78, 5) is 8.49. The van der Waals surface area contributed by atoms with E-state index in [1.54, 1.807) is 17.7 Å². The van der Waals surface area contributed by atoms with E-state index in [1.165, 1.54) is 0 Å². The number of nitrogens with zero attached hydrogens (tertiary/aromatic N) is 2. The summed E-state index contributed by atoms with van der Waals surface area (Å²) in [6, 6.07) is 4.50. The maximum atomic E-state index is 4.27. The lowest BCUT2D eigenvalue weighted by Gasteiger charge is -2.11. The van der Waals surface area contributed by atoms with E-state index in [4.69, 9.17) is 0 Å². The molecule has 2 heterocycles. The number of thiophene rings is 1. The average molecular weight is 233 g/mol. The predicted octanol–water partition coefficient (Wildman–Crippen LogP) is 3.42. The lowest BCUT2D eigenvalue weighted by Crippen LogP contribution is -2.14. The average Bonchev–Trinajstić information content (AvgIpc) is 2.83. The van der Waals surface area contributed by atoms with Gasteiger partial charge in [0.2, 0.25) is 0 Å². The number of hydrogen-bond acceptors (Lipinski definition) is 4. The first-order valence-electron chi connectivity index (χ1n) is 5.40. The van der Waals surface area contributed by atoms with E-state index in [2.05, 4.69) is 46.0 Å². The second kappa shape index (κ2) is 5.07. The normalized spacial score (nSPS) is 12.4. The lowest BCUT2D eigenvalue weighted by atomic mass is 10.2. The zero-order chi connectivity index (χ0) is 11.4. The molecule has 2 aromatic heterocycles. The van der Waals surface area contributed by atoms with Crippen LogP contribution in [0.4, 0.5) is 5.82 Å². The first-order chi connectivity index (χ1) is 7.79. The van der Waals surface area contributed by atoms with Gasteiger partial charge in [0.1, 0.15) is 12.1 Å². The highest BCUT2D eigenvalue weighted by atomic mass is 32.1. The molecule has 0 amide bonds. The molecule has 0 fully saturated rings. The number of anilines is 1. The fourth-order valence-electron chi connectivity index (χ4n) is 1.36. The molecule has 0 aliphatic carbocycles. The molecule has 84 valence electrons. The van der Waals surface area contributed by atoms with Crippen molar-refractivity contribution >= 4 is 17.2 Å². The first kappa shape index (κ1) is 11.1. The van der Waals surface area contributed by atoms with Gasteiger partial charge < -0.3 is 5.32 Å². The molecule has 1 N–H and O–H groups in total. The number of rotatable bonds is 4. The van der Waals surface area contributed by atoms with Crippen molar-refractivity contribution in [3.05, 3.63) is 29.2 Å². The van der Waals surface area contributed by atoms with Gasteiger partial charge in [-0.2, -0.15) is 11.3 Å². The second-order valence-electron chi connectivity index (χ2n) is 3.75. The van der Waals surface area contributed by atoms with Crippen molar-refractivity contribution in [2.75, 3.05) is 5.32 Å². The molecule has 16 heavy (non-hydrogen) atoms. The molecule has 0 saturated heterocycles. The summed E-state index contributed by atoms with van der Waals surface area (Å²) in [5, 5.41) is 7.49. The molecule has 0 saturated carbocycles. The standard InChI is InChI=1S/C12H15N3S/c1-3-9(2)15-12-6-11(13-8-14-12)10-4-5-16-7-10/h4-9H,3H2,1-2H3,(H,13,14,15). The van der Waals surface area contributed by atoms with Crippen molar-refractivity contribution in [2.45, 2.75) is 26.3 Å². The highest BCUT2D eigenvalue weighted by Crippen LogP contribution is 2.21. The Morgan fingerprint density at radius 3 is 3.00 bits per heavy atom. The van der Waals surface area contributed by atoms with Crippen LogP contribution in [-0.4, -0.2) is 16.0 Å². The predicted molar refractivity (Wildman–Crippen MR) is 68.7 cm³/mol. The lowest BCUT2D eigenvalue weighted by molar-refractivity contribution is 0.758. The topological polar surface area (TPSA) is 37.8 Å². The Kier molecular flexibility index (Phi) is 3.51. The first-order valence-corrected chi connectivity index (χ1v) is 6.35. The van der Waals surface area contributed by atoms with Gasteiger partial charge in [-0.05, 0) is 24.8 Å². The van der Waals surface area contributed by atoms with Crippen LogP contribution in [-0.2, 0) is 0 Å². The Bertz CT molecular complexity index is 439. The summed E-state index contributed by atoms with van der Waals surface area (Å²) >= 11 is 1.68. The maximum Gasteiger partial charge on any atom is 0.130 e. The molecular formula is C12H15N3S. The fraction of sp³-hybridized carbons (Fsp3) is 0.333. The molecule has 4 heteroatoms. The van der Waals surface area contributed by atoms with E-state index in [0.29, 0.717) is 6.04 Å². The van der Waals surface area contributed by atoms with E-state index in [1.807, 2.05) is 6.07 Å². The Labute approximate surface area is 99.6 Å². The molecule has 0 aliphatic heterocycles. The monoisotopic (exact) mass is 233 g/mol. The van der Waals surface area contributed by atoms with Crippen molar-refractivity contribution in [3.8, 4) is 11.3 Å². The third-order valence-corrected chi connectivity index (χ3v) is 3.17. The SMILES string of the molecule is CCC(C)Nc1cc(-c2ccsc2)ncn1. The molecule has 0 aromatic carbocycles. The Balaban J connectivity index is 2.20. The Hall–Kier alpha value is -1.42. The number of aromatic nitrogens is 2. The van der Waals surface area contributed by atoms with Gasteiger partial charge in [0.05, 0.1) is 5.69 Å². The van der Waals surface area contributed by atoms with Gasteiger partial charge in [-0.1, -0.05) is 6.92 Å². The van der Waals surface area contributed by atoms with Gasteiger partial charge >= 0.3 is 0 Å². The van der Waals surface area contributed by atoms with Crippen molar-refractivity contribution in [1.29, 1.82) is 0 Å². The van der Waals surface area contributed by atoms with E-state index < -0.39 is 0 Å². The molecule has 0 radical (unpaired) electrons. The number of nitrogens with one attached hydrogen (secondary N) is 1. The van der Waals surface area contributed by atoms with Crippen LogP contribution < -0.4 is 5.32 Å². The Morgan fingerprint density at radius 1 is 1.44 bits per heavy atom. The third-order valence-electron chi connectivity index (χ3n) is 2.49. The molecule has 2 rings (SSSR count). The minimum atomic E-state index is 0.435. The van der Waals surface area contributed by atoms with Gasteiger partial charge in [-0.3, -0.25) is 0 Å². The van der Waals surface area contributed by atoms with Crippen LogP contribution >= 0.6 is 11.3 Å². The maximum absolute atomic E-state index is 4.27.